The summed E-state index contributed by atoms with van der Waals surface area (Å²) in [5, 5.41) is 4.26. The number of aromatic nitrogens is 2. The lowest BCUT2D eigenvalue weighted by Crippen LogP contribution is -2.32. The predicted octanol–water partition coefficient (Wildman–Crippen LogP) is 4.17. The SMILES string of the molecule is COCCN1C(=S)NC(c2ccccn2)C1c1cc(C)n(Cc2ccccc2)c1C. The monoisotopic (exact) mass is 420 g/mol. The summed E-state index contributed by atoms with van der Waals surface area (Å²) in [4.78, 5) is 6.87. The Morgan fingerprint density at radius 3 is 2.57 bits per heavy atom. The second-order valence-electron chi connectivity index (χ2n) is 7.71. The Morgan fingerprint density at radius 1 is 1.10 bits per heavy atom. The van der Waals surface area contributed by atoms with Gasteiger partial charge in [-0.1, -0.05) is 36.4 Å². The third-order valence-corrected chi connectivity index (χ3v) is 6.20. The summed E-state index contributed by atoms with van der Waals surface area (Å²) in [6, 6.07) is 19.0. The van der Waals surface area contributed by atoms with Crippen molar-refractivity contribution in [3.63, 3.8) is 0 Å². The van der Waals surface area contributed by atoms with E-state index in [4.69, 9.17) is 17.0 Å². The Kier molecular flexibility index (Phi) is 6.16. The van der Waals surface area contributed by atoms with Crippen LogP contribution in [0.25, 0.3) is 0 Å². The van der Waals surface area contributed by atoms with Gasteiger partial charge in [-0.05, 0) is 55.4 Å². The van der Waals surface area contributed by atoms with Crippen molar-refractivity contribution in [3.8, 4) is 0 Å². The van der Waals surface area contributed by atoms with Gasteiger partial charge in [0.1, 0.15) is 0 Å². The van der Waals surface area contributed by atoms with Gasteiger partial charge in [-0.15, -0.1) is 0 Å². The quantitative estimate of drug-likeness (QED) is 0.581. The molecule has 0 amide bonds. The number of benzene rings is 1. The highest BCUT2D eigenvalue weighted by molar-refractivity contribution is 7.80. The summed E-state index contributed by atoms with van der Waals surface area (Å²) in [5.74, 6) is 0. The van der Waals surface area contributed by atoms with Gasteiger partial charge >= 0.3 is 0 Å². The minimum absolute atomic E-state index is 0.00114. The van der Waals surface area contributed by atoms with E-state index in [1.807, 2.05) is 18.3 Å². The summed E-state index contributed by atoms with van der Waals surface area (Å²) >= 11 is 5.72. The first-order chi connectivity index (χ1) is 14.6. The van der Waals surface area contributed by atoms with E-state index in [9.17, 15) is 0 Å². The molecule has 2 atom stereocenters. The molecule has 2 unspecified atom stereocenters. The molecule has 5 nitrogen and oxygen atoms in total. The van der Waals surface area contributed by atoms with Crippen LogP contribution in [0.5, 0.6) is 0 Å². The van der Waals surface area contributed by atoms with Gasteiger partial charge in [-0.2, -0.15) is 0 Å². The van der Waals surface area contributed by atoms with Gasteiger partial charge in [-0.25, -0.2) is 0 Å². The van der Waals surface area contributed by atoms with Crippen molar-refractivity contribution >= 4 is 17.3 Å². The standard InChI is InChI=1S/C24H28N4OS/c1-17-15-20(18(2)28(17)16-19-9-5-4-6-10-19)23-22(21-11-7-8-12-25-21)26-24(30)27(23)13-14-29-3/h4-12,15,22-23H,13-14,16H2,1-3H3,(H,26,30). The molecular weight excluding hydrogens is 392 g/mol. The van der Waals surface area contributed by atoms with Gasteiger partial charge in [0.2, 0.25) is 0 Å². The molecule has 0 spiro atoms. The van der Waals surface area contributed by atoms with Crippen LogP contribution in [0.3, 0.4) is 0 Å². The second kappa shape index (κ2) is 8.98. The molecule has 4 rings (SSSR count). The number of nitrogens with zero attached hydrogens (tertiary/aromatic N) is 3. The topological polar surface area (TPSA) is 42.3 Å². The van der Waals surface area contributed by atoms with Gasteiger partial charge in [-0.3, -0.25) is 4.98 Å². The zero-order chi connectivity index (χ0) is 21.1. The Hall–Kier alpha value is -2.70. The summed E-state index contributed by atoms with van der Waals surface area (Å²) in [6.07, 6.45) is 1.84. The predicted molar refractivity (Wildman–Crippen MR) is 123 cm³/mol. The number of rotatable bonds is 7. The van der Waals surface area contributed by atoms with Crippen molar-refractivity contribution in [2.24, 2.45) is 0 Å². The Bertz CT molecular complexity index is 1000. The van der Waals surface area contributed by atoms with Crippen LogP contribution in [0.2, 0.25) is 0 Å². The Morgan fingerprint density at radius 2 is 1.87 bits per heavy atom. The minimum Gasteiger partial charge on any atom is -0.383 e. The van der Waals surface area contributed by atoms with Crippen LogP contribution in [0.4, 0.5) is 0 Å². The molecular formula is C24H28N4OS. The molecule has 1 N–H and O–H groups in total. The highest BCUT2D eigenvalue weighted by Crippen LogP contribution is 2.40. The number of hydrogen-bond acceptors (Lipinski definition) is 3. The fourth-order valence-electron chi connectivity index (χ4n) is 4.31. The highest BCUT2D eigenvalue weighted by Gasteiger charge is 2.41. The van der Waals surface area contributed by atoms with Crippen molar-refractivity contribution in [1.82, 2.24) is 19.8 Å². The number of ether oxygens (including phenoxy) is 1. The van der Waals surface area contributed by atoms with Gasteiger partial charge in [0.15, 0.2) is 5.11 Å². The fraction of sp³-hybridized carbons (Fsp3) is 0.333. The fourth-order valence-corrected chi connectivity index (χ4v) is 4.64. The molecule has 0 bridgehead atoms. The molecule has 0 saturated carbocycles. The van der Waals surface area contributed by atoms with E-state index >= 15 is 0 Å². The average Bonchev–Trinajstić information content (AvgIpc) is 3.24. The van der Waals surface area contributed by atoms with E-state index in [1.165, 1.54) is 22.5 Å². The van der Waals surface area contributed by atoms with Crippen molar-refractivity contribution in [3.05, 3.63) is 89.0 Å². The van der Waals surface area contributed by atoms with Crippen molar-refractivity contribution in [2.75, 3.05) is 20.3 Å². The molecule has 30 heavy (non-hydrogen) atoms. The molecule has 0 radical (unpaired) electrons. The van der Waals surface area contributed by atoms with Crippen LogP contribution >= 0.6 is 12.2 Å². The lowest BCUT2D eigenvalue weighted by atomic mass is 9.97. The highest BCUT2D eigenvalue weighted by atomic mass is 32.1. The molecule has 1 aliphatic heterocycles. The number of hydrogen-bond donors (Lipinski definition) is 1. The lowest BCUT2D eigenvalue weighted by Gasteiger charge is -2.28. The van der Waals surface area contributed by atoms with Gasteiger partial charge in [0.25, 0.3) is 0 Å². The van der Waals surface area contributed by atoms with Crippen molar-refractivity contribution < 1.29 is 4.74 Å². The summed E-state index contributed by atoms with van der Waals surface area (Å²) in [6.45, 7) is 6.59. The smallest absolute Gasteiger partial charge is 0.170 e. The van der Waals surface area contributed by atoms with E-state index in [1.54, 1.807) is 7.11 Å². The van der Waals surface area contributed by atoms with Crippen LogP contribution in [0.15, 0.2) is 60.8 Å². The maximum atomic E-state index is 5.72. The molecule has 1 aliphatic rings. The largest absolute Gasteiger partial charge is 0.383 e. The van der Waals surface area contributed by atoms with E-state index in [2.05, 4.69) is 76.1 Å². The zero-order valence-electron chi connectivity index (χ0n) is 17.7. The molecule has 1 saturated heterocycles. The van der Waals surface area contributed by atoms with E-state index in [0.717, 1.165) is 23.9 Å². The third kappa shape index (κ3) is 3.98. The number of aryl methyl sites for hydroxylation is 1. The van der Waals surface area contributed by atoms with E-state index in [-0.39, 0.29) is 12.1 Å². The van der Waals surface area contributed by atoms with Crippen molar-refractivity contribution in [1.29, 1.82) is 0 Å². The van der Waals surface area contributed by atoms with Crippen LogP contribution in [0, 0.1) is 13.8 Å². The molecule has 1 aromatic carbocycles. The summed E-state index contributed by atoms with van der Waals surface area (Å²) in [7, 11) is 1.73. The molecule has 3 heterocycles. The zero-order valence-corrected chi connectivity index (χ0v) is 18.5. The van der Waals surface area contributed by atoms with E-state index in [0.29, 0.717) is 6.61 Å². The first-order valence-electron chi connectivity index (χ1n) is 10.3. The number of methoxy groups -OCH3 is 1. The van der Waals surface area contributed by atoms with Crippen LogP contribution in [-0.4, -0.2) is 39.8 Å². The first-order valence-corrected chi connectivity index (χ1v) is 10.7. The maximum Gasteiger partial charge on any atom is 0.170 e. The molecule has 156 valence electrons. The first kappa shape index (κ1) is 20.6. The minimum atomic E-state index is 0.00114. The number of nitrogens with one attached hydrogen (secondary N) is 1. The third-order valence-electron chi connectivity index (χ3n) is 5.85. The lowest BCUT2D eigenvalue weighted by molar-refractivity contribution is 0.164. The number of thiocarbonyl (C=S) groups is 1. The van der Waals surface area contributed by atoms with Crippen LogP contribution in [0.1, 0.15) is 40.3 Å². The normalized spacial score (nSPS) is 18.6. The number of pyridine rings is 1. The molecule has 2 aromatic heterocycles. The van der Waals surface area contributed by atoms with E-state index < -0.39 is 0 Å². The molecule has 1 fully saturated rings. The van der Waals surface area contributed by atoms with Gasteiger partial charge < -0.3 is 19.5 Å². The van der Waals surface area contributed by atoms with Gasteiger partial charge in [0, 0.05) is 37.8 Å². The van der Waals surface area contributed by atoms with Crippen LogP contribution < -0.4 is 5.32 Å². The molecule has 0 aliphatic carbocycles. The molecule has 6 heteroatoms. The van der Waals surface area contributed by atoms with Crippen molar-refractivity contribution in [2.45, 2.75) is 32.5 Å². The Balaban J connectivity index is 1.74. The average molecular weight is 421 g/mol. The summed E-state index contributed by atoms with van der Waals surface area (Å²) in [5.41, 5.74) is 6.08. The van der Waals surface area contributed by atoms with Crippen LogP contribution in [-0.2, 0) is 11.3 Å². The Labute approximate surface area is 183 Å². The maximum absolute atomic E-state index is 5.72. The molecule has 3 aromatic rings. The summed E-state index contributed by atoms with van der Waals surface area (Å²) < 4.78 is 7.75. The van der Waals surface area contributed by atoms with Gasteiger partial charge in [0.05, 0.1) is 24.4 Å². The second-order valence-corrected chi connectivity index (χ2v) is 8.10.